The van der Waals surface area contributed by atoms with E-state index in [-0.39, 0.29) is 18.7 Å². The van der Waals surface area contributed by atoms with E-state index in [0.29, 0.717) is 29.6 Å². The number of hydrogen-bond acceptors (Lipinski definition) is 6. The third kappa shape index (κ3) is 3.94. The summed E-state index contributed by atoms with van der Waals surface area (Å²) < 4.78 is 7.94. The van der Waals surface area contributed by atoms with Gasteiger partial charge in [0.05, 0.1) is 19.0 Å². The van der Waals surface area contributed by atoms with Crippen molar-refractivity contribution in [2.24, 2.45) is 0 Å². The number of nitrogens with zero attached hydrogens (tertiary/aromatic N) is 4. The SMILES string of the molecule is CC[C@@H](CO)Nc1nc(OCc2ccccc2)c2ncn(C(C)C)c2n1. The molecule has 0 aliphatic heterocycles. The summed E-state index contributed by atoms with van der Waals surface area (Å²) in [6.45, 7) is 6.56. The van der Waals surface area contributed by atoms with Crippen molar-refractivity contribution in [1.29, 1.82) is 0 Å². The lowest BCUT2D eigenvalue weighted by Gasteiger charge is -2.16. The second-order valence-corrected chi connectivity index (χ2v) is 6.48. The van der Waals surface area contributed by atoms with Gasteiger partial charge in [0.2, 0.25) is 11.8 Å². The highest BCUT2D eigenvalue weighted by Gasteiger charge is 2.17. The van der Waals surface area contributed by atoms with Gasteiger partial charge in [-0.05, 0) is 25.8 Å². The normalized spacial score (nSPS) is 12.5. The summed E-state index contributed by atoms with van der Waals surface area (Å²) in [4.78, 5) is 13.5. The van der Waals surface area contributed by atoms with E-state index in [1.165, 1.54) is 0 Å². The van der Waals surface area contributed by atoms with Crippen molar-refractivity contribution in [3.05, 3.63) is 42.2 Å². The highest BCUT2D eigenvalue weighted by Crippen LogP contribution is 2.26. The zero-order valence-electron chi connectivity index (χ0n) is 15.4. The molecule has 0 radical (unpaired) electrons. The standard InChI is InChI=1S/C19H25N5O2/c1-4-15(10-25)21-19-22-17-16(20-12-24(17)13(2)3)18(23-19)26-11-14-8-6-5-7-9-14/h5-9,12-13,15,25H,4,10-11H2,1-3H3,(H,21,22,23)/t15-/m0/s1. The van der Waals surface area contributed by atoms with Crippen molar-refractivity contribution in [3.63, 3.8) is 0 Å². The molecular weight excluding hydrogens is 330 g/mol. The predicted octanol–water partition coefficient (Wildman–Crippen LogP) is 3.17. The smallest absolute Gasteiger partial charge is 0.247 e. The van der Waals surface area contributed by atoms with E-state index in [9.17, 15) is 5.11 Å². The van der Waals surface area contributed by atoms with Gasteiger partial charge in [-0.3, -0.25) is 0 Å². The first-order chi connectivity index (χ1) is 12.6. The van der Waals surface area contributed by atoms with Crippen molar-refractivity contribution >= 4 is 17.1 Å². The van der Waals surface area contributed by atoms with Crippen LogP contribution in [0.5, 0.6) is 5.88 Å². The molecule has 1 aromatic carbocycles. The summed E-state index contributed by atoms with van der Waals surface area (Å²) in [5.41, 5.74) is 2.41. The number of ether oxygens (including phenoxy) is 1. The molecule has 26 heavy (non-hydrogen) atoms. The first-order valence-electron chi connectivity index (χ1n) is 8.91. The summed E-state index contributed by atoms with van der Waals surface area (Å²) in [5.74, 6) is 0.873. The zero-order chi connectivity index (χ0) is 18.5. The number of hydrogen-bond donors (Lipinski definition) is 2. The largest absolute Gasteiger partial charge is 0.471 e. The predicted molar refractivity (Wildman–Crippen MR) is 101 cm³/mol. The number of rotatable bonds is 8. The zero-order valence-corrected chi connectivity index (χ0v) is 15.4. The van der Waals surface area contributed by atoms with Gasteiger partial charge < -0.3 is 19.7 Å². The Labute approximate surface area is 153 Å². The fraction of sp³-hybridized carbons (Fsp3) is 0.421. The molecule has 0 aliphatic carbocycles. The molecule has 0 saturated carbocycles. The number of aliphatic hydroxyl groups is 1. The lowest BCUT2D eigenvalue weighted by Crippen LogP contribution is -2.24. The van der Waals surface area contributed by atoms with E-state index >= 15 is 0 Å². The summed E-state index contributed by atoms with van der Waals surface area (Å²) in [7, 11) is 0. The average molecular weight is 355 g/mol. The first kappa shape index (κ1) is 18.1. The van der Waals surface area contributed by atoms with E-state index in [1.54, 1.807) is 6.33 Å². The number of imidazole rings is 1. The van der Waals surface area contributed by atoms with Gasteiger partial charge >= 0.3 is 0 Å². The Balaban J connectivity index is 1.96. The van der Waals surface area contributed by atoms with Gasteiger partial charge in [-0.2, -0.15) is 9.97 Å². The van der Waals surface area contributed by atoms with Crippen LogP contribution in [0.2, 0.25) is 0 Å². The van der Waals surface area contributed by atoms with Crippen molar-refractivity contribution in [1.82, 2.24) is 19.5 Å². The number of aromatic nitrogens is 4. The van der Waals surface area contributed by atoms with Crippen LogP contribution in [-0.2, 0) is 6.61 Å². The van der Waals surface area contributed by atoms with Crippen molar-refractivity contribution in [2.45, 2.75) is 45.9 Å². The number of benzene rings is 1. The van der Waals surface area contributed by atoms with Crippen LogP contribution < -0.4 is 10.1 Å². The molecule has 0 unspecified atom stereocenters. The molecule has 2 N–H and O–H groups in total. The van der Waals surface area contributed by atoms with Gasteiger partial charge in [-0.15, -0.1) is 0 Å². The van der Waals surface area contributed by atoms with Crippen LogP contribution in [0.4, 0.5) is 5.95 Å². The van der Waals surface area contributed by atoms with Crippen LogP contribution in [-0.4, -0.2) is 37.3 Å². The quantitative estimate of drug-likeness (QED) is 0.645. The topological polar surface area (TPSA) is 85.1 Å². The van der Waals surface area contributed by atoms with E-state index in [4.69, 9.17) is 4.74 Å². The second kappa shape index (κ2) is 8.14. The van der Waals surface area contributed by atoms with Gasteiger partial charge in [0, 0.05) is 6.04 Å². The molecule has 0 fully saturated rings. The molecular formula is C19H25N5O2. The molecule has 2 heterocycles. The summed E-state index contributed by atoms with van der Waals surface area (Å²) in [6.07, 6.45) is 2.52. The van der Waals surface area contributed by atoms with Crippen molar-refractivity contribution in [2.75, 3.05) is 11.9 Å². The Morgan fingerprint density at radius 1 is 1.19 bits per heavy atom. The minimum Gasteiger partial charge on any atom is -0.471 e. The van der Waals surface area contributed by atoms with Crippen LogP contribution >= 0.6 is 0 Å². The fourth-order valence-corrected chi connectivity index (χ4v) is 2.62. The van der Waals surface area contributed by atoms with Crippen LogP contribution in [0, 0.1) is 0 Å². The summed E-state index contributed by atoms with van der Waals surface area (Å²) in [6, 6.07) is 10.0. The number of nitrogens with one attached hydrogen (secondary N) is 1. The maximum absolute atomic E-state index is 9.46. The highest BCUT2D eigenvalue weighted by atomic mass is 16.5. The van der Waals surface area contributed by atoms with Gasteiger partial charge in [0.15, 0.2) is 11.2 Å². The second-order valence-electron chi connectivity index (χ2n) is 6.48. The third-order valence-electron chi connectivity index (χ3n) is 4.21. The van der Waals surface area contributed by atoms with Crippen LogP contribution in [0.1, 0.15) is 38.8 Å². The Hall–Kier alpha value is -2.67. The van der Waals surface area contributed by atoms with Crippen molar-refractivity contribution < 1.29 is 9.84 Å². The van der Waals surface area contributed by atoms with Crippen LogP contribution in [0.25, 0.3) is 11.2 Å². The molecule has 0 bridgehead atoms. The van der Waals surface area contributed by atoms with Gasteiger partial charge in [0.1, 0.15) is 6.61 Å². The van der Waals surface area contributed by atoms with Crippen LogP contribution in [0.15, 0.2) is 36.7 Å². The molecule has 0 spiro atoms. The minimum atomic E-state index is -0.107. The van der Waals surface area contributed by atoms with Crippen LogP contribution in [0.3, 0.4) is 0 Å². The Bertz CT molecular complexity index is 844. The van der Waals surface area contributed by atoms with Gasteiger partial charge in [-0.25, -0.2) is 4.98 Å². The maximum Gasteiger partial charge on any atom is 0.247 e. The third-order valence-corrected chi connectivity index (χ3v) is 4.21. The van der Waals surface area contributed by atoms with E-state index in [2.05, 4.69) is 34.1 Å². The maximum atomic E-state index is 9.46. The number of aliphatic hydroxyl groups excluding tert-OH is 1. The lowest BCUT2D eigenvalue weighted by molar-refractivity contribution is 0.270. The molecule has 0 saturated heterocycles. The Kier molecular flexibility index (Phi) is 5.68. The molecule has 3 aromatic rings. The molecule has 0 amide bonds. The van der Waals surface area contributed by atoms with E-state index in [1.807, 2.05) is 41.8 Å². The summed E-state index contributed by atoms with van der Waals surface area (Å²) >= 11 is 0. The monoisotopic (exact) mass is 355 g/mol. The molecule has 0 aliphatic rings. The van der Waals surface area contributed by atoms with Crippen molar-refractivity contribution in [3.8, 4) is 5.88 Å². The van der Waals surface area contributed by atoms with Gasteiger partial charge in [0.25, 0.3) is 0 Å². The molecule has 7 nitrogen and oxygen atoms in total. The first-order valence-corrected chi connectivity index (χ1v) is 8.91. The minimum absolute atomic E-state index is 0.0154. The molecule has 138 valence electrons. The Morgan fingerprint density at radius 2 is 1.96 bits per heavy atom. The number of fused-ring (bicyclic) bond motifs is 1. The van der Waals surface area contributed by atoms with Gasteiger partial charge in [-0.1, -0.05) is 37.3 Å². The summed E-state index contributed by atoms with van der Waals surface area (Å²) in [5, 5.41) is 12.6. The molecule has 7 heteroatoms. The lowest BCUT2D eigenvalue weighted by atomic mass is 10.2. The molecule has 3 rings (SSSR count). The average Bonchev–Trinajstić information content (AvgIpc) is 3.09. The molecule has 2 aromatic heterocycles. The van der Waals surface area contributed by atoms with E-state index in [0.717, 1.165) is 12.0 Å². The highest BCUT2D eigenvalue weighted by molar-refractivity contribution is 5.78. The van der Waals surface area contributed by atoms with E-state index < -0.39 is 0 Å². The Morgan fingerprint density at radius 3 is 2.62 bits per heavy atom. The fourth-order valence-electron chi connectivity index (χ4n) is 2.62. The molecule has 1 atom stereocenters. The number of anilines is 1.